The molecule has 1 amide bonds. The molecule has 5 rings (SSSR count). The number of ether oxygens (including phenoxy) is 1. The van der Waals surface area contributed by atoms with Crippen LogP contribution in [-0.4, -0.2) is 67.9 Å². The minimum absolute atomic E-state index is 0.0622. The van der Waals surface area contributed by atoms with Crippen LogP contribution in [0.15, 0.2) is 31.2 Å². The van der Waals surface area contributed by atoms with Crippen LogP contribution in [0.2, 0.25) is 5.02 Å². The smallest absolute Gasteiger partial charge is 0.246 e. The van der Waals surface area contributed by atoms with Crippen LogP contribution in [0.25, 0.3) is 11.0 Å². The third-order valence-electron chi connectivity index (χ3n) is 5.35. The molecule has 3 aromatic rings. The van der Waals surface area contributed by atoms with Gasteiger partial charge in [0.2, 0.25) is 11.9 Å². The average Bonchev–Trinajstić information content (AvgIpc) is 3.41. The predicted octanol–water partition coefficient (Wildman–Crippen LogP) is 2.32. The molecule has 5 heterocycles. The van der Waals surface area contributed by atoms with E-state index in [4.69, 9.17) is 16.3 Å². The van der Waals surface area contributed by atoms with Crippen molar-refractivity contribution in [2.24, 2.45) is 0 Å². The number of rotatable bonds is 6. The summed E-state index contributed by atoms with van der Waals surface area (Å²) in [6, 6.07) is 0.333. The number of aromatic amines is 1. The fourth-order valence-corrected chi connectivity index (χ4v) is 3.90. The molecule has 0 aromatic carbocycles. The molecule has 2 aliphatic rings. The summed E-state index contributed by atoms with van der Waals surface area (Å²) in [5.74, 6) is 0.972. The van der Waals surface area contributed by atoms with E-state index in [1.807, 2.05) is 10.9 Å². The van der Waals surface area contributed by atoms with E-state index in [2.05, 4.69) is 37.3 Å². The lowest BCUT2D eigenvalue weighted by molar-refractivity contribution is -0.125. The molecule has 0 unspecified atom stereocenters. The molecule has 3 aromatic heterocycles. The molecule has 2 fully saturated rings. The molecule has 10 nitrogen and oxygen atoms in total. The third kappa shape index (κ3) is 3.48. The van der Waals surface area contributed by atoms with Crippen molar-refractivity contribution >= 4 is 46.0 Å². The number of likely N-dealkylation sites (tertiary alicyclic amines) is 1. The molecule has 30 heavy (non-hydrogen) atoms. The number of nitrogens with one attached hydrogen (secondary N) is 3. The van der Waals surface area contributed by atoms with E-state index in [1.54, 1.807) is 17.3 Å². The van der Waals surface area contributed by atoms with E-state index >= 15 is 0 Å². The van der Waals surface area contributed by atoms with Crippen molar-refractivity contribution in [1.82, 2.24) is 29.6 Å². The van der Waals surface area contributed by atoms with Crippen LogP contribution in [0.5, 0.6) is 0 Å². The van der Waals surface area contributed by atoms with Crippen LogP contribution in [0, 0.1) is 0 Å². The monoisotopic (exact) mass is 428 g/mol. The largest absolute Gasteiger partial charge is 0.377 e. The van der Waals surface area contributed by atoms with Gasteiger partial charge < -0.3 is 25.3 Å². The lowest BCUT2D eigenvalue weighted by Gasteiger charge is -2.25. The average molecular weight is 429 g/mol. The molecule has 0 bridgehead atoms. The Hall–Kier alpha value is -3.11. The van der Waals surface area contributed by atoms with Crippen molar-refractivity contribution < 1.29 is 9.53 Å². The Kier molecular flexibility index (Phi) is 4.80. The van der Waals surface area contributed by atoms with Crippen molar-refractivity contribution in [3.63, 3.8) is 0 Å². The fourth-order valence-electron chi connectivity index (χ4n) is 3.66. The van der Waals surface area contributed by atoms with Crippen LogP contribution in [0.3, 0.4) is 0 Å². The van der Waals surface area contributed by atoms with Crippen molar-refractivity contribution in [1.29, 1.82) is 0 Å². The maximum atomic E-state index is 11.9. The molecule has 0 aliphatic carbocycles. The molecule has 0 radical (unpaired) electrons. The molecule has 156 valence electrons. The minimum atomic E-state index is -0.0666. The minimum Gasteiger partial charge on any atom is -0.377 e. The van der Waals surface area contributed by atoms with Crippen molar-refractivity contribution in [3.8, 4) is 0 Å². The number of aromatic nitrogens is 5. The number of H-pyrrole nitrogens is 1. The zero-order chi connectivity index (χ0) is 20.7. The van der Waals surface area contributed by atoms with Gasteiger partial charge in [-0.25, -0.2) is 0 Å². The summed E-state index contributed by atoms with van der Waals surface area (Å²) in [6.07, 6.45) is 7.48. The second-order valence-electron chi connectivity index (χ2n) is 7.40. The highest BCUT2D eigenvalue weighted by Gasteiger charge is 2.26. The molecule has 1 atom stereocenters. The van der Waals surface area contributed by atoms with Crippen LogP contribution < -0.4 is 10.6 Å². The van der Waals surface area contributed by atoms with Gasteiger partial charge in [-0.3, -0.25) is 9.48 Å². The maximum absolute atomic E-state index is 11.9. The van der Waals surface area contributed by atoms with Gasteiger partial charge in [-0.05, 0) is 12.5 Å². The fraction of sp³-hybridized carbons (Fsp3) is 0.368. The third-order valence-corrected chi connectivity index (χ3v) is 5.65. The van der Waals surface area contributed by atoms with Crippen molar-refractivity contribution in [3.05, 3.63) is 36.3 Å². The molecular weight excluding hydrogens is 408 g/mol. The Labute approximate surface area is 177 Å². The Balaban J connectivity index is 1.38. The van der Waals surface area contributed by atoms with Gasteiger partial charge >= 0.3 is 0 Å². The van der Waals surface area contributed by atoms with Crippen molar-refractivity contribution in [2.75, 3.05) is 36.9 Å². The summed E-state index contributed by atoms with van der Waals surface area (Å²) < 4.78 is 7.09. The van der Waals surface area contributed by atoms with E-state index in [1.165, 1.54) is 6.08 Å². The lowest BCUT2D eigenvalue weighted by Crippen LogP contribution is -2.30. The number of fused-ring (bicyclic) bond motifs is 1. The first kappa shape index (κ1) is 18.9. The highest BCUT2D eigenvalue weighted by molar-refractivity contribution is 6.36. The Morgan fingerprint density at radius 2 is 2.27 bits per heavy atom. The first-order valence-electron chi connectivity index (χ1n) is 9.72. The summed E-state index contributed by atoms with van der Waals surface area (Å²) >= 11 is 6.36. The second-order valence-corrected chi connectivity index (χ2v) is 7.81. The van der Waals surface area contributed by atoms with Crippen LogP contribution in [0.1, 0.15) is 12.5 Å². The Bertz CT molecular complexity index is 1110. The molecule has 0 saturated carbocycles. The van der Waals surface area contributed by atoms with E-state index in [0.29, 0.717) is 48.7 Å². The molecular formula is C19H21ClN8O2. The van der Waals surface area contributed by atoms with Gasteiger partial charge in [-0.1, -0.05) is 18.2 Å². The van der Waals surface area contributed by atoms with Gasteiger partial charge in [0.05, 0.1) is 41.5 Å². The maximum Gasteiger partial charge on any atom is 0.246 e. The number of carbonyl (C=O) groups is 1. The van der Waals surface area contributed by atoms with E-state index < -0.39 is 0 Å². The number of carbonyl (C=O) groups excluding carboxylic acids is 1. The summed E-state index contributed by atoms with van der Waals surface area (Å²) in [5, 5.41) is 12.3. The molecule has 2 saturated heterocycles. The van der Waals surface area contributed by atoms with Gasteiger partial charge in [0, 0.05) is 31.5 Å². The lowest BCUT2D eigenvalue weighted by atomic mass is 10.2. The number of nitrogens with zero attached hydrogens (tertiary/aromatic N) is 5. The summed E-state index contributed by atoms with van der Waals surface area (Å²) in [7, 11) is 0. The van der Waals surface area contributed by atoms with Gasteiger partial charge in [0.25, 0.3) is 0 Å². The summed E-state index contributed by atoms with van der Waals surface area (Å²) in [4.78, 5) is 25.9. The van der Waals surface area contributed by atoms with Gasteiger partial charge in [-0.15, -0.1) is 0 Å². The Morgan fingerprint density at radius 1 is 1.40 bits per heavy atom. The van der Waals surface area contributed by atoms with E-state index in [-0.39, 0.29) is 18.0 Å². The normalized spacial score (nSPS) is 19.1. The number of amides is 1. The number of hydrogen-bond donors (Lipinski definition) is 3. The number of halogens is 1. The summed E-state index contributed by atoms with van der Waals surface area (Å²) in [5.41, 5.74) is 1.41. The first-order chi connectivity index (χ1) is 14.6. The zero-order valence-electron chi connectivity index (χ0n) is 16.1. The van der Waals surface area contributed by atoms with E-state index in [9.17, 15) is 4.79 Å². The topological polar surface area (TPSA) is 113 Å². The van der Waals surface area contributed by atoms with Crippen molar-refractivity contribution in [2.45, 2.75) is 18.5 Å². The first-order valence-corrected chi connectivity index (χ1v) is 10.1. The molecule has 11 heteroatoms. The quantitative estimate of drug-likeness (QED) is 0.516. The number of hydrogen-bond acceptors (Lipinski definition) is 7. The predicted molar refractivity (Wildman–Crippen MR) is 113 cm³/mol. The SMILES string of the molecule is C=CC(=O)N1CC[C@@H](Nc2nc(Nc3cnn(C4COC4)c3)nc3[nH]cc(Cl)c23)C1. The number of anilines is 3. The molecule has 2 aliphatic heterocycles. The molecule has 3 N–H and O–H groups in total. The highest BCUT2D eigenvalue weighted by atomic mass is 35.5. The summed E-state index contributed by atoms with van der Waals surface area (Å²) in [6.45, 7) is 6.16. The second kappa shape index (κ2) is 7.62. The van der Waals surface area contributed by atoms with E-state index in [0.717, 1.165) is 17.5 Å². The van der Waals surface area contributed by atoms with Crippen LogP contribution >= 0.6 is 11.6 Å². The van der Waals surface area contributed by atoms with Crippen LogP contribution in [0.4, 0.5) is 17.5 Å². The Morgan fingerprint density at radius 3 is 3.03 bits per heavy atom. The highest BCUT2D eigenvalue weighted by Crippen LogP contribution is 2.31. The van der Waals surface area contributed by atoms with Gasteiger partial charge in [-0.2, -0.15) is 15.1 Å². The molecule has 0 spiro atoms. The van der Waals surface area contributed by atoms with Crippen LogP contribution in [-0.2, 0) is 9.53 Å². The zero-order valence-corrected chi connectivity index (χ0v) is 16.9. The van der Waals surface area contributed by atoms with Gasteiger partial charge in [0.1, 0.15) is 11.5 Å². The standard InChI is InChI=1S/C19H21ClN8O2/c1-2-15(29)27-4-3-11(7-27)23-18-16-14(20)6-21-17(16)25-19(26-18)24-12-5-22-28(8-12)13-9-30-10-13/h2,5-6,8,11,13H,1,3-4,7,9-10H2,(H3,21,23,24,25,26)/t11-/m1/s1. The van der Waals surface area contributed by atoms with Gasteiger partial charge in [0.15, 0.2) is 0 Å².